The van der Waals surface area contributed by atoms with Crippen LogP contribution >= 0.6 is 11.8 Å². The first-order valence-electron chi connectivity index (χ1n) is 9.95. The Morgan fingerprint density at radius 3 is 1.67 bits per heavy atom. The number of hydrogen-bond donors (Lipinski definition) is 0. The van der Waals surface area contributed by atoms with Gasteiger partial charge in [0.05, 0.1) is 0 Å². The quantitative estimate of drug-likeness (QED) is 0.325. The average Bonchev–Trinajstić information content (AvgIpc) is 2.62. The Balaban J connectivity index is 1.94. The molecule has 0 aromatic heterocycles. The number of carbonyl (C=O) groups excluding carboxylic acids is 1. The third kappa shape index (κ3) is 10.2. The Hall–Kier alpha value is -0.760. The molecule has 0 amide bonds. The first kappa shape index (κ1) is 21.3. The molecule has 136 valence electrons. The highest BCUT2D eigenvalue weighted by Crippen LogP contribution is 2.15. The molecular weight excluding hydrogens is 312 g/mol. The van der Waals surface area contributed by atoms with Crippen LogP contribution < -0.4 is 0 Å². The lowest BCUT2D eigenvalue weighted by Gasteiger charge is -2.04. The lowest BCUT2D eigenvalue weighted by atomic mass is 10.0. The second kappa shape index (κ2) is 14.6. The fraction of sp³-hybridized carbons (Fsp3) is 0.682. The van der Waals surface area contributed by atoms with Crippen molar-refractivity contribution in [2.45, 2.75) is 90.4 Å². The van der Waals surface area contributed by atoms with Gasteiger partial charge in [0.2, 0.25) is 5.12 Å². The lowest BCUT2D eigenvalue weighted by Crippen LogP contribution is -1.93. The van der Waals surface area contributed by atoms with Crippen molar-refractivity contribution in [1.29, 1.82) is 0 Å². The van der Waals surface area contributed by atoms with Gasteiger partial charge < -0.3 is 0 Å². The molecule has 1 aromatic carbocycles. The van der Waals surface area contributed by atoms with E-state index in [2.05, 4.69) is 19.1 Å². The zero-order valence-electron chi connectivity index (χ0n) is 15.8. The van der Waals surface area contributed by atoms with E-state index in [1.54, 1.807) is 0 Å². The number of carbonyl (C=O) groups is 1. The molecule has 1 aromatic rings. The predicted molar refractivity (Wildman–Crippen MR) is 109 cm³/mol. The van der Waals surface area contributed by atoms with Crippen LogP contribution in [0.25, 0.3) is 0 Å². The molecule has 0 heterocycles. The summed E-state index contributed by atoms with van der Waals surface area (Å²) < 4.78 is 0. The molecule has 24 heavy (non-hydrogen) atoms. The molecule has 0 spiro atoms. The molecule has 0 atom stereocenters. The highest BCUT2D eigenvalue weighted by atomic mass is 32.2. The van der Waals surface area contributed by atoms with E-state index in [4.69, 9.17) is 0 Å². The van der Waals surface area contributed by atoms with Gasteiger partial charge in [-0.15, -0.1) is 0 Å². The smallest absolute Gasteiger partial charge is 0.219 e. The summed E-state index contributed by atoms with van der Waals surface area (Å²) >= 11 is 1.28. The molecule has 0 radical (unpaired) electrons. The highest BCUT2D eigenvalue weighted by molar-refractivity contribution is 8.13. The molecule has 0 unspecified atom stereocenters. The second-order valence-electron chi connectivity index (χ2n) is 6.83. The average molecular weight is 349 g/mol. The van der Waals surface area contributed by atoms with Crippen LogP contribution in [-0.2, 0) is 6.42 Å². The Labute approximate surface area is 154 Å². The molecule has 0 aliphatic carbocycles. The van der Waals surface area contributed by atoms with Gasteiger partial charge in [-0.3, -0.25) is 4.79 Å². The first-order chi connectivity index (χ1) is 11.8. The van der Waals surface area contributed by atoms with E-state index >= 15 is 0 Å². The van der Waals surface area contributed by atoms with E-state index in [0.717, 1.165) is 12.0 Å². The second-order valence-corrected chi connectivity index (χ2v) is 7.61. The van der Waals surface area contributed by atoms with Crippen LogP contribution in [-0.4, -0.2) is 11.4 Å². The minimum Gasteiger partial charge on any atom is -0.282 e. The molecule has 1 rings (SSSR count). The fourth-order valence-corrected chi connectivity index (χ4v) is 3.47. The normalized spacial score (nSPS) is 10.9. The summed E-state index contributed by atoms with van der Waals surface area (Å²) in [4.78, 5) is 11.6. The number of aryl methyl sites for hydroxylation is 1. The molecule has 0 aliphatic heterocycles. The third-order valence-electron chi connectivity index (χ3n) is 4.69. The number of thioether (sulfide) groups is 1. The number of rotatable bonds is 14. The Morgan fingerprint density at radius 1 is 0.750 bits per heavy atom. The summed E-state index contributed by atoms with van der Waals surface area (Å²) in [5.74, 6) is 0. The van der Waals surface area contributed by atoms with Gasteiger partial charge >= 0.3 is 0 Å². The van der Waals surface area contributed by atoms with Gasteiger partial charge in [0, 0.05) is 5.56 Å². The number of hydrogen-bond acceptors (Lipinski definition) is 2. The van der Waals surface area contributed by atoms with Crippen molar-refractivity contribution in [2.24, 2.45) is 0 Å². The maximum absolute atomic E-state index is 11.6. The summed E-state index contributed by atoms with van der Waals surface area (Å²) in [5.41, 5.74) is 2.18. The maximum atomic E-state index is 11.6. The van der Waals surface area contributed by atoms with Crippen LogP contribution in [0, 0.1) is 0 Å². The zero-order chi connectivity index (χ0) is 17.5. The van der Waals surface area contributed by atoms with Crippen LogP contribution in [0.3, 0.4) is 0 Å². The van der Waals surface area contributed by atoms with E-state index in [1.807, 2.05) is 18.4 Å². The summed E-state index contributed by atoms with van der Waals surface area (Å²) in [5, 5.41) is 0.159. The van der Waals surface area contributed by atoms with Gasteiger partial charge in [0.1, 0.15) is 0 Å². The van der Waals surface area contributed by atoms with Gasteiger partial charge in [-0.2, -0.15) is 0 Å². The van der Waals surface area contributed by atoms with Crippen LogP contribution in [0.2, 0.25) is 0 Å². The van der Waals surface area contributed by atoms with E-state index in [9.17, 15) is 4.79 Å². The van der Waals surface area contributed by atoms with Crippen molar-refractivity contribution < 1.29 is 4.79 Å². The van der Waals surface area contributed by atoms with E-state index in [-0.39, 0.29) is 5.12 Å². The summed E-state index contributed by atoms with van der Waals surface area (Å²) in [6.45, 7) is 2.28. The summed E-state index contributed by atoms with van der Waals surface area (Å²) in [6, 6.07) is 8.16. The Bertz CT molecular complexity index is 424. The van der Waals surface area contributed by atoms with Crippen molar-refractivity contribution in [3.8, 4) is 0 Å². The Morgan fingerprint density at radius 2 is 1.21 bits per heavy atom. The molecule has 2 heteroatoms. The fourth-order valence-electron chi connectivity index (χ4n) is 3.10. The van der Waals surface area contributed by atoms with Gasteiger partial charge in [-0.1, -0.05) is 114 Å². The van der Waals surface area contributed by atoms with E-state index in [1.165, 1.54) is 94.4 Å². The molecule has 0 aliphatic rings. The van der Waals surface area contributed by atoms with Crippen molar-refractivity contribution in [2.75, 3.05) is 6.26 Å². The van der Waals surface area contributed by atoms with Crippen LogP contribution in [0.4, 0.5) is 0 Å². The standard InChI is InChI=1S/C22H36OS/c1-3-4-5-6-7-8-9-10-11-12-13-14-15-20-16-18-21(19-17-20)22(23)24-2/h16-19H,3-15H2,1-2H3. The van der Waals surface area contributed by atoms with E-state index < -0.39 is 0 Å². The summed E-state index contributed by atoms with van der Waals surface area (Å²) in [7, 11) is 0. The van der Waals surface area contributed by atoms with Gasteiger partial charge in [0.15, 0.2) is 0 Å². The number of benzene rings is 1. The topological polar surface area (TPSA) is 17.1 Å². The van der Waals surface area contributed by atoms with Crippen molar-refractivity contribution in [3.05, 3.63) is 35.4 Å². The van der Waals surface area contributed by atoms with E-state index in [0.29, 0.717) is 0 Å². The van der Waals surface area contributed by atoms with Crippen molar-refractivity contribution >= 4 is 16.9 Å². The maximum Gasteiger partial charge on any atom is 0.219 e. The monoisotopic (exact) mass is 348 g/mol. The molecule has 0 saturated heterocycles. The van der Waals surface area contributed by atoms with Crippen LogP contribution in [0.5, 0.6) is 0 Å². The zero-order valence-corrected chi connectivity index (χ0v) is 16.6. The predicted octanol–water partition coefficient (Wildman–Crippen LogP) is 7.43. The third-order valence-corrected chi connectivity index (χ3v) is 5.30. The molecule has 0 bridgehead atoms. The molecule has 0 fully saturated rings. The largest absolute Gasteiger partial charge is 0.282 e. The molecule has 1 nitrogen and oxygen atoms in total. The van der Waals surface area contributed by atoms with Gasteiger partial charge in [-0.05, 0) is 24.7 Å². The summed E-state index contributed by atoms with van der Waals surface area (Å²) in [6.07, 6.45) is 19.7. The van der Waals surface area contributed by atoms with Crippen LogP contribution in [0.15, 0.2) is 24.3 Å². The van der Waals surface area contributed by atoms with Crippen molar-refractivity contribution in [1.82, 2.24) is 0 Å². The van der Waals surface area contributed by atoms with Gasteiger partial charge in [-0.25, -0.2) is 0 Å². The first-order valence-corrected chi connectivity index (χ1v) is 11.2. The molecule has 0 N–H and O–H groups in total. The van der Waals surface area contributed by atoms with Crippen LogP contribution in [0.1, 0.15) is 99.9 Å². The lowest BCUT2D eigenvalue weighted by molar-refractivity contribution is 0.108. The Kier molecular flexibility index (Phi) is 12.9. The molecular formula is C22H36OS. The SMILES string of the molecule is CCCCCCCCCCCCCCc1ccc(C(=O)SC)cc1. The highest BCUT2D eigenvalue weighted by Gasteiger charge is 2.03. The minimum atomic E-state index is 0.159. The van der Waals surface area contributed by atoms with Gasteiger partial charge in [0.25, 0.3) is 0 Å². The molecule has 0 saturated carbocycles. The minimum absolute atomic E-state index is 0.159. The number of unbranched alkanes of at least 4 members (excludes halogenated alkanes) is 11. The van der Waals surface area contributed by atoms with Crippen molar-refractivity contribution in [3.63, 3.8) is 0 Å².